The monoisotopic (exact) mass is 411 g/mol. The number of nitrogens with zero attached hydrogens (tertiary/aromatic N) is 1. The lowest BCUT2D eigenvalue weighted by molar-refractivity contribution is 0.397. The molecule has 0 spiro atoms. The summed E-state index contributed by atoms with van der Waals surface area (Å²) in [5.74, 6) is 1.43. The van der Waals surface area contributed by atoms with E-state index in [0.29, 0.717) is 27.4 Å². The van der Waals surface area contributed by atoms with Crippen LogP contribution < -0.4 is 9.47 Å². The van der Waals surface area contributed by atoms with Crippen LogP contribution in [0.3, 0.4) is 0 Å². The molecular formula is C12H9BrCl2NO2PS. The second-order valence-corrected chi connectivity index (χ2v) is 6.70. The highest BCUT2D eigenvalue weighted by Crippen LogP contribution is 2.40. The molecule has 1 unspecified atom stereocenters. The molecule has 1 heterocycles. The first kappa shape index (κ1) is 16.2. The number of benzene rings is 1. The maximum atomic E-state index is 6.12. The molecule has 1 atom stereocenters. The molecule has 0 bridgehead atoms. The zero-order valence-electron chi connectivity index (χ0n) is 10.2. The van der Waals surface area contributed by atoms with Crippen LogP contribution in [0.2, 0.25) is 10.0 Å². The summed E-state index contributed by atoms with van der Waals surface area (Å²) >= 11 is 17.0. The Hall–Kier alpha value is -0.190. The van der Waals surface area contributed by atoms with Gasteiger partial charge in [-0.15, -0.1) is 11.4 Å². The van der Waals surface area contributed by atoms with Crippen molar-refractivity contribution in [1.82, 2.24) is 4.98 Å². The lowest BCUT2D eigenvalue weighted by Gasteiger charge is -2.11. The van der Waals surface area contributed by atoms with Gasteiger partial charge >= 0.3 is 0 Å². The number of rotatable bonds is 4. The van der Waals surface area contributed by atoms with E-state index in [9.17, 15) is 0 Å². The van der Waals surface area contributed by atoms with Gasteiger partial charge in [0.1, 0.15) is 0 Å². The molecule has 2 rings (SSSR count). The summed E-state index contributed by atoms with van der Waals surface area (Å²) in [6.45, 7) is 0. The normalized spacial score (nSPS) is 10.4. The summed E-state index contributed by atoms with van der Waals surface area (Å²) in [4.78, 5) is 5.04. The van der Waals surface area contributed by atoms with E-state index in [-0.39, 0.29) is 0 Å². The summed E-state index contributed by atoms with van der Waals surface area (Å²) in [5, 5.41) is 0.809. The minimum Gasteiger partial charge on any atom is -0.494 e. The Labute approximate surface area is 141 Å². The molecule has 0 radical (unpaired) electrons. The molecule has 2 aromatic rings. The van der Waals surface area contributed by atoms with Crippen LogP contribution >= 0.6 is 59.0 Å². The van der Waals surface area contributed by atoms with E-state index in [4.69, 9.17) is 32.7 Å². The Balaban J connectivity index is 2.35. The van der Waals surface area contributed by atoms with Gasteiger partial charge in [0.25, 0.3) is 0 Å². The van der Waals surface area contributed by atoms with E-state index < -0.39 is 0 Å². The van der Waals surface area contributed by atoms with Gasteiger partial charge in [0.05, 0.1) is 28.2 Å². The molecule has 0 saturated carbocycles. The number of hydrogen-bond acceptors (Lipinski definition) is 4. The topological polar surface area (TPSA) is 31.4 Å². The van der Waals surface area contributed by atoms with Crippen molar-refractivity contribution in [3.63, 3.8) is 0 Å². The van der Waals surface area contributed by atoms with Crippen LogP contribution in [-0.2, 0) is 0 Å². The van der Waals surface area contributed by atoms with Crippen LogP contribution in [0, 0.1) is 0 Å². The van der Waals surface area contributed by atoms with E-state index in [2.05, 4.69) is 29.4 Å². The number of halogens is 3. The van der Waals surface area contributed by atoms with Crippen LogP contribution in [0.1, 0.15) is 0 Å². The molecule has 0 aliphatic rings. The Kier molecular flexibility index (Phi) is 5.82. The average molecular weight is 413 g/mol. The van der Waals surface area contributed by atoms with Crippen molar-refractivity contribution in [3.8, 4) is 17.4 Å². The highest BCUT2D eigenvalue weighted by molar-refractivity contribution is 9.10. The number of hydrogen-bond donors (Lipinski definition) is 0. The highest BCUT2D eigenvalue weighted by Gasteiger charge is 2.12. The largest absolute Gasteiger partial charge is 0.494 e. The third kappa shape index (κ3) is 3.71. The van der Waals surface area contributed by atoms with Crippen LogP contribution in [0.15, 0.2) is 33.8 Å². The summed E-state index contributed by atoms with van der Waals surface area (Å²) in [7, 11) is 4.14. The molecule has 1 aromatic carbocycles. The first-order valence-electron chi connectivity index (χ1n) is 5.28. The van der Waals surface area contributed by atoms with Gasteiger partial charge in [0.2, 0.25) is 5.88 Å². The van der Waals surface area contributed by atoms with Crippen molar-refractivity contribution >= 4 is 59.0 Å². The predicted molar refractivity (Wildman–Crippen MR) is 90.6 cm³/mol. The average Bonchev–Trinajstić information content (AvgIpc) is 2.42. The molecule has 20 heavy (non-hydrogen) atoms. The second-order valence-electron chi connectivity index (χ2n) is 3.59. The van der Waals surface area contributed by atoms with Crippen LogP contribution in [0.4, 0.5) is 0 Å². The molecule has 1 aromatic heterocycles. The molecule has 8 heteroatoms. The fraction of sp³-hybridized carbons (Fsp3) is 0.0833. The number of aromatic nitrogens is 1. The summed E-state index contributed by atoms with van der Waals surface area (Å²) in [5.41, 5.74) is 0. The van der Waals surface area contributed by atoms with Crippen LogP contribution in [0.25, 0.3) is 0 Å². The SMILES string of the molecule is COc1cnc(Oc2c(Cl)cc(Br)cc2Cl)cc1SP. The lowest BCUT2D eigenvalue weighted by atomic mass is 10.3. The summed E-state index contributed by atoms with van der Waals surface area (Å²) < 4.78 is 11.6. The van der Waals surface area contributed by atoms with Gasteiger partial charge in [-0.3, -0.25) is 0 Å². The van der Waals surface area contributed by atoms with Gasteiger partial charge in [-0.05, 0) is 12.1 Å². The van der Waals surface area contributed by atoms with Crippen molar-refractivity contribution in [2.24, 2.45) is 0 Å². The zero-order valence-corrected chi connectivity index (χ0v) is 15.3. The third-order valence-electron chi connectivity index (χ3n) is 2.32. The van der Waals surface area contributed by atoms with Gasteiger partial charge in [-0.25, -0.2) is 4.98 Å². The van der Waals surface area contributed by atoms with Gasteiger partial charge in [0, 0.05) is 10.5 Å². The Morgan fingerprint density at radius 2 is 1.90 bits per heavy atom. The van der Waals surface area contributed by atoms with Crippen molar-refractivity contribution in [2.45, 2.75) is 4.90 Å². The summed E-state index contributed by atoms with van der Waals surface area (Å²) in [6, 6.07) is 5.17. The molecule has 0 N–H and O–H groups in total. The molecule has 0 aliphatic carbocycles. The molecule has 3 nitrogen and oxygen atoms in total. The number of ether oxygens (including phenoxy) is 2. The minimum atomic E-state index is 0.369. The molecule has 0 fully saturated rings. The van der Waals surface area contributed by atoms with E-state index in [1.54, 1.807) is 31.5 Å². The van der Waals surface area contributed by atoms with Crippen molar-refractivity contribution in [3.05, 3.63) is 38.9 Å². The Morgan fingerprint density at radius 1 is 1.25 bits per heavy atom. The zero-order chi connectivity index (χ0) is 14.7. The molecule has 0 aliphatic heterocycles. The van der Waals surface area contributed by atoms with E-state index in [0.717, 1.165) is 9.37 Å². The van der Waals surface area contributed by atoms with E-state index in [1.807, 2.05) is 0 Å². The van der Waals surface area contributed by atoms with Crippen LogP contribution in [-0.4, -0.2) is 12.1 Å². The van der Waals surface area contributed by atoms with Gasteiger partial charge in [-0.2, -0.15) is 0 Å². The maximum absolute atomic E-state index is 6.12. The van der Waals surface area contributed by atoms with Gasteiger partial charge in [0.15, 0.2) is 11.5 Å². The fourth-order valence-electron chi connectivity index (χ4n) is 1.44. The molecular weight excluding hydrogens is 404 g/mol. The predicted octanol–water partition coefficient (Wildman–Crippen LogP) is 5.83. The van der Waals surface area contributed by atoms with Crippen molar-refractivity contribution in [2.75, 3.05) is 7.11 Å². The third-order valence-corrected chi connectivity index (χ3v) is 4.68. The van der Waals surface area contributed by atoms with E-state index >= 15 is 0 Å². The van der Waals surface area contributed by atoms with Crippen LogP contribution in [0.5, 0.6) is 17.4 Å². The van der Waals surface area contributed by atoms with Gasteiger partial charge in [-0.1, -0.05) is 47.6 Å². The molecule has 106 valence electrons. The molecule has 0 amide bonds. The van der Waals surface area contributed by atoms with E-state index in [1.165, 1.54) is 11.4 Å². The first-order chi connectivity index (χ1) is 9.55. The lowest BCUT2D eigenvalue weighted by Crippen LogP contribution is -1.93. The Bertz CT molecular complexity index is 622. The Morgan fingerprint density at radius 3 is 2.45 bits per heavy atom. The summed E-state index contributed by atoms with van der Waals surface area (Å²) in [6.07, 6.45) is 1.59. The minimum absolute atomic E-state index is 0.369. The standard InChI is InChI=1S/C12H9BrCl2NO2PS/c1-17-9-5-16-11(4-10(9)20-19)18-12-7(14)2-6(13)3-8(12)15/h2-5H,19H2,1H3. The smallest absolute Gasteiger partial charge is 0.220 e. The number of pyridine rings is 1. The molecule has 0 saturated heterocycles. The first-order valence-corrected chi connectivity index (χ1v) is 9.12. The van der Waals surface area contributed by atoms with Crippen molar-refractivity contribution in [1.29, 1.82) is 0 Å². The van der Waals surface area contributed by atoms with Gasteiger partial charge < -0.3 is 9.47 Å². The fourth-order valence-corrected chi connectivity index (χ4v) is 3.70. The number of methoxy groups -OCH3 is 1. The quantitative estimate of drug-likeness (QED) is 0.591. The maximum Gasteiger partial charge on any atom is 0.220 e. The second kappa shape index (κ2) is 7.19. The van der Waals surface area contributed by atoms with Crippen molar-refractivity contribution < 1.29 is 9.47 Å². The highest BCUT2D eigenvalue weighted by atomic mass is 79.9.